The largest absolute Gasteiger partial charge is 0.356 e. The van der Waals surface area contributed by atoms with Gasteiger partial charge < -0.3 is 16.0 Å². The van der Waals surface area contributed by atoms with E-state index in [2.05, 4.69) is 29.0 Å². The van der Waals surface area contributed by atoms with Gasteiger partial charge in [-0.25, -0.2) is 9.97 Å². The monoisotopic (exact) mass is 315 g/mol. The van der Waals surface area contributed by atoms with Crippen LogP contribution < -0.4 is 16.0 Å². The summed E-state index contributed by atoms with van der Waals surface area (Å²) in [7, 11) is 0. The molecule has 1 aromatic heterocycles. The maximum absolute atomic E-state index is 12.2. The second-order valence-electron chi connectivity index (χ2n) is 7.55. The van der Waals surface area contributed by atoms with E-state index in [-0.39, 0.29) is 11.8 Å². The summed E-state index contributed by atoms with van der Waals surface area (Å²) in [6.45, 7) is 6.78. The minimum atomic E-state index is -0.0607. The summed E-state index contributed by atoms with van der Waals surface area (Å²) < 4.78 is 0. The number of carbonyl (C=O) groups excluding carboxylic acids is 1. The van der Waals surface area contributed by atoms with Gasteiger partial charge in [-0.1, -0.05) is 13.8 Å². The average Bonchev–Trinajstić information content (AvgIpc) is 3.16. The standard InChI is InChI=1S/C17H25N5O/c1-10(2)14-20-13-11(3-6-19-16(13)23)15(21-14)22-7-4-17(5-8-22)9-12(17)18/h10,12H,3-9,18H2,1-2H3,(H,19,23). The summed E-state index contributed by atoms with van der Waals surface area (Å²) in [6.07, 6.45) is 4.25. The molecule has 1 aromatic rings. The predicted molar refractivity (Wildman–Crippen MR) is 88.6 cm³/mol. The lowest BCUT2D eigenvalue weighted by molar-refractivity contribution is 0.0940. The predicted octanol–water partition coefficient (Wildman–Crippen LogP) is 1.20. The first kappa shape index (κ1) is 14.9. The zero-order valence-electron chi connectivity index (χ0n) is 13.9. The molecule has 6 nitrogen and oxygen atoms in total. The summed E-state index contributed by atoms with van der Waals surface area (Å²) in [5.74, 6) is 1.90. The van der Waals surface area contributed by atoms with Crippen LogP contribution >= 0.6 is 0 Å². The first-order valence-electron chi connectivity index (χ1n) is 8.70. The molecule has 4 rings (SSSR count). The number of piperidine rings is 1. The summed E-state index contributed by atoms with van der Waals surface area (Å²) in [5.41, 5.74) is 8.10. The van der Waals surface area contributed by atoms with Crippen molar-refractivity contribution in [1.82, 2.24) is 15.3 Å². The summed E-state index contributed by atoms with van der Waals surface area (Å²) >= 11 is 0. The van der Waals surface area contributed by atoms with Gasteiger partial charge in [-0.05, 0) is 31.1 Å². The van der Waals surface area contributed by atoms with E-state index in [4.69, 9.17) is 10.7 Å². The number of rotatable bonds is 2. The van der Waals surface area contributed by atoms with E-state index < -0.39 is 0 Å². The number of hydrogen-bond donors (Lipinski definition) is 2. The van der Waals surface area contributed by atoms with Gasteiger partial charge in [0.1, 0.15) is 17.3 Å². The lowest BCUT2D eigenvalue weighted by Gasteiger charge is -2.35. The first-order valence-corrected chi connectivity index (χ1v) is 8.70. The summed E-state index contributed by atoms with van der Waals surface area (Å²) in [5, 5.41) is 2.90. The van der Waals surface area contributed by atoms with Crippen LogP contribution in [0.2, 0.25) is 0 Å². The molecule has 3 N–H and O–H groups in total. The molecular formula is C17H25N5O. The van der Waals surface area contributed by atoms with Crippen LogP contribution in [-0.4, -0.2) is 41.6 Å². The van der Waals surface area contributed by atoms with E-state index in [1.807, 2.05) is 0 Å². The molecule has 23 heavy (non-hydrogen) atoms. The van der Waals surface area contributed by atoms with E-state index in [9.17, 15) is 4.79 Å². The lowest BCUT2D eigenvalue weighted by Crippen LogP contribution is -2.40. The molecule has 0 radical (unpaired) electrons. The quantitative estimate of drug-likeness (QED) is 0.857. The van der Waals surface area contributed by atoms with E-state index in [1.165, 1.54) is 6.42 Å². The second kappa shape index (κ2) is 5.16. The van der Waals surface area contributed by atoms with Crippen LogP contribution in [0.15, 0.2) is 0 Å². The highest BCUT2D eigenvalue weighted by Crippen LogP contribution is 2.52. The zero-order valence-corrected chi connectivity index (χ0v) is 13.9. The maximum atomic E-state index is 12.2. The van der Waals surface area contributed by atoms with Crippen LogP contribution in [0.25, 0.3) is 0 Å². The number of fused-ring (bicyclic) bond motifs is 1. The van der Waals surface area contributed by atoms with Crippen molar-refractivity contribution in [2.75, 3.05) is 24.5 Å². The molecule has 6 heteroatoms. The highest BCUT2D eigenvalue weighted by molar-refractivity contribution is 5.96. The van der Waals surface area contributed by atoms with E-state index in [1.54, 1.807) is 0 Å². The fourth-order valence-electron chi connectivity index (χ4n) is 3.93. The Morgan fingerprint density at radius 2 is 2.00 bits per heavy atom. The fraction of sp³-hybridized carbons (Fsp3) is 0.706. The van der Waals surface area contributed by atoms with Gasteiger partial charge in [0.2, 0.25) is 0 Å². The van der Waals surface area contributed by atoms with Gasteiger partial charge in [-0.15, -0.1) is 0 Å². The van der Waals surface area contributed by atoms with Gasteiger partial charge in [0.05, 0.1) is 0 Å². The van der Waals surface area contributed by atoms with E-state index in [0.717, 1.165) is 49.6 Å². The molecule has 1 saturated heterocycles. The molecule has 1 spiro atoms. The molecule has 1 unspecified atom stereocenters. The molecule has 1 atom stereocenters. The van der Waals surface area contributed by atoms with Crippen LogP contribution in [0, 0.1) is 5.41 Å². The zero-order chi connectivity index (χ0) is 16.2. The van der Waals surface area contributed by atoms with Crippen molar-refractivity contribution in [3.05, 3.63) is 17.1 Å². The molecule has 1 amide bonds. The second-order valence-corrected chi connectivity index (χ2v) is 7.55. The molecule has 0 bridgehead atoms. The number of nitrogens with zero attached hydrogens (tertiary/aromatic N) is 3. The van der Waals surface area contributed by atoms with Crippen LogP contribution in [-0.2, 0) is 6.42 Å². The molecule has 0 aromatic carbocycles. The number of nitrogens with one attached hydrogen (secondary N) is 1. The highest BCUT2D eigenvalue weighted by Gasteiger charge is 2.53. The smallest absolute Gasteiger partial charge is 0.270 e. The number of aromatic nitrogens is 2. The van der Waals surface area contributed by atoms with Crippen molar-refractivity contribution >= 4 is 11.7 Å². The van der Waals surface area contributed by atoms with E-state index >= 15 is 0 Å². The average molecular weight is 315 g/mol. The Bertz CT molecular complexity index is 649. The molecule has 3 aliphatic rings. The number of carbonyl (C=O) groups is 1. The third-order valence-corrected chi connectivity index (χ3v) is 5.71. The molecule has 2 fully saturated rings. The Balaban J connectivity index is 1.68. The van der Waals surface area contributed by atoms with Gasteiger partial charge in [0, 0.05) is 37.2 Å². The van der Waals surface area contributed by atoms with Crippen LogP contribution in [0.3, 0.4) is 0 Å². The fourth-order valence-corrected chi connectivity index (χ4v) is 3.93. The molecule has 124 valence electrons. The van der Waals surface area contributed by atoms with Crippen LogP contribution in [0.4, 0.5) is 5.82 Å². The van der Waals surface area contributed by atoms with E-state index in [0.29, 0.717) is 23.7 Å². The maximum Gasteiger partial charge on any atom is 0.270 e. The van der Waals surface area contributed by atoms with Crippen molar-refractivity contribution in [3.8, 4) is 0 Å². The van der Waals surface area contributed by atoms with Crippen molar-refractivity contribution in [2.45, 2.75) is 51.5 Å². The Morgan fingerprint density at radius 3 is 2.61 bits per heavy atom. The minimum Gasteiger partial charge on any atom is -0.356 e. The van der Waals surface area contributed by atoms with Gasteiger partial charge in [-0.2, -0.15) is 0 Å². The van der Waals surface area contributed by atoms with Crippen molar-refractivity contribution in [1.29, 1.82) is 0 Å². The Labute approximate surface area is 136 Å². The lowest BCUT2D eigenvalue weighted by atomic mass is 9.92. The molecular weight excluding hydrogens is 290 g/mol. The summed E-state index contributed by atoms with van der Waals surface area (Å²) in [4.78, 5) is 23.9. The highest BCUT2D eigenvalue weighted by atomic mass is 16.1. The summed E-state index contributed by atoms with van der Waals surface area (Å²) in [6, 6.07) is 0.390. The number of nitrogens with two attached hydrogens (primary N) is 1. The number of amides is 1. The minimum absolute atomic E-state index is 0.0607. The normalized spacial score (nSPS) is 25.5. The van der Waals surface area contributed by atoms with Crippen LogP contribution in [0.1, 0.15) is 60.9 Å². The van der Waals surface area contributed by atoms with Crippen LogP contribution in [0.5, 0.6) is 0 Å². The molecule has 1 aliphatic carbocycles. The van der Waals surface area contributed by atoms with Gasteiger partial charge in [0.15, 0.2) is 0 Å². The molecule has 1 saturated carbocycles. The van der Waals surface area contributed by atoms with Crippen molar-refractivity contribution in [2.24, 2.45) is 11.1 Å². The number of anilines is 1. The molecule has 3 heterocycles. The van der Waals surface area contributed by atoms with Gasteiger partial charge in [0.25, 0.3) is 5.91 Å². The SMILES string of the molecule is CC(C)c1nc2c(c(N3CCC4(CC3)CC4N)n1)CCNC2=O. The molecule has 2 aliphatic heterocycles. The Morgan fingerprint density at radius 1 is 1.30 bits per heavy atom. The topological polar surface area (TPSA) is 84.1 Å². The Hall–Kier alpha value is -1.69. The van der Waals surface area contributed by atoms with Crippen molar-refractivity contribution < 1.29 is 4.79 Å². The third-order valence-electron chi connectivity index (χ3n) is 5.71. The Kier molecular flexibility index (Phi) is 3.34. The number of hydrogen-bond acceptors (Lipinski definition) is 5. The van der Waals surface area contributed by atoms with Gasteiger partial charge in [-0.3, -0.25) is 4.79 Å². The third kappa shape index (κ3) is 2.40. The van der Waals surface area contributed by atoms with Gasteiger partial charge >= 0.3 is 0 Å². The van der Waals surface area contributed by atoms with Crippen molar-refractivity contribution in [3.63, 3.8) is 0 Å². The first-order chi connectivity index (χ1) is 11.0.